The zero-order valence-corrected chi connectivity index (χ0v) is 12.5. The third-order valence-electron chi connectivity index (χ3n) is 3.00. The molecule has 0 unspecified atom stereocenters. The van der Waals surface area contributed by atoms with Gasteiger partial charge in [0.15, 0.2) is 0 Å². The number of benzene rings is 2. The molecule has 108 valence electrons. The molecule has 2 aromatic carbocycles. The van der Waals surface area contributed by atoms with Gasteiger partial charge in [0.25, 0.3) is 0 Å². The lowest BCUT2D eigenvalue weighted by atomic mass is 10.1. The Kier molecular flexibility index (Phi) is 5.33. The molecule has 0 radical (unpaired) electrons. The largest absolute Gasteiger partial charge is 0.493 e. The third kappa shape index (κ3) is 4.92. The molecule has 0 aliphatic carbocycles. The van der Waals surface area contributed by atoms with Crippen molar-refractivity contribution in [1.29, 1.82) is 0 Å². The Morgan fingerprint density at radius 3 is 1.81 bits per heavy atom. The van der Waals surface area contributed by atoms with E-state index in [0.29, 0.717) is 11.5 Å². The fraction of sp³-hybridized carbons (Fsp3) is 0.211. The van der Waals surface area contributed by atoms with Gasteiger partial charge in [0.2, 0.25) is 0 Å². The molecule has 2 nitrogen and oxygen atoms in total. The molecule has 0 heterocycles. The number of hydrogen-bond donors (Lipinski definition) is 0. The van der Waals surface area contributed by atoms with Crippen LogP contribution < -0.4 is 4.74 Å². The minimum atomic E-state index is 0.527. The van der Waals surface area contributed by atoms with E-state index >= 15 is 0 Å². The van der Waals surface area contributed by atoms with Crippen LogP contribution in [0.4, 0.5) is 0 Å². The van der Waals surface area contributed by atoms with E-state index in [1.54, 1.807) is 0 Å². The molecule has 0 amide bonds. The van der Waals surface area contributed by atoms with Crippen LogP contribution in [0.2, 0.25) is 0 Å². The van der Waals surface area contributed by atoms with Crippen LogP contribution in [0.5, 0.6) is 5.75 Å². The van der Waals surface area contributed by atoms with Crippen molar-refractivity contribution >= 4 is 18.4 Å². The van der Waals surface area contributed by atoms with Gasteiger partial charge in [-0.05, 0) is 29.2 Å². The Labute approximate surface area is 126 Å². The van der Waals surface area contributed by atoms with Crippen LogP contribution in [0.25, 0.3) is 12.2 Å². The molecule has 21 heavy (non-hydrogen) atoms. The fourth-order valence-electron chi connectivity index (χ4n) is 1.82. The predicted octanol–water partition coefficient (Wildman–Crippen LogP) is 4.70. The molecule has 0 aromatic heterocycles. The summed E-state index contributed by atoms with van der Waals surface area (Å²) >= 11 is 0. The Bertz CT molecular complexity index is 592. The number of rotatable bonds is 6. The Morgan fingerprint density at radius 1 is 0.857 bits per heavy atom. The molecule has 0 fully saturated rings. The highest BCUT2D eigenvalue weighted by Crippen LogP contribution is 2.15. The molecule has 2 aromatic rings. The summed E-state index contributed by atoms with van der Waals surface area (Å²) in [6, 6.07) is 15.5. The molecule has 0 spiro atoms. The van der Waals surface area contributed by atoms with Gasteiger partial charge in [0, 0.05) is 5.56 Å². The molecule has 2 heteroatoms. The lowest BCUT2D eigenvalue weighted by molar-refractivity contribution is 0.112. The van der Waals surface area contributed by atoms with Crippen LogP contribution >= 0.6 is 0 Å². The maximum Gasteiger partial charge on any atom is 0.150 e. The smallest absolute Gasteiger partial charge is 0.150 e. The van der Waals surface area contributed by atoms with E-state index in [9.17, 15) is 4.79 Å². The highest BCUT2D eigenvalue weighted by molar-refractivity contribution is 5.76. The maximum absolute atomic E-state index is 10.6. The molecular weight excluding hydrogens is 260 g/mol. The van der Waals surface area contributed by atoms with E-state index in [1.165, 1.54) is 0 Å². The molecule has 0 saturated heterocycles. The normalized spacial score (nSPS) is 11.0. The molecule has 0 atom stereocenters. The summed E-state index contributed by atoms with van der Waals surface area (Å²) in [7, 11) is 0. The molecule has 0 bridgehead atoms. The van der Waals surface area contributed by atoms with Crippen molar-refractivity contribution in [3.63, 3.8) is 0 Å². The van der Waals surface area contributed by atoms with Gasteiger partial charge in [0.1, 0.15) is 12.0 Å². The summed E-state index contributed by atoms with van der Waals surface area (Å²) in [5.74, 6) is 1.43. The van der Waals surface area contributed by atoms with Gasteiger partial charge >= 0.3 is 0 Å². The summed E-state index contributed by atoms with van der Waals surface area (Å²) in [6.45, 7) is 5.00. The van der Waals surface area contributed by atoms with Gasteiger partial charge in [0.05, 0.1) is 6.61 Å². The first kappa shape index (κ1) is 15.0. The van der Waals surface area contributed by atoms with Crippen molar-refractivity contribution in [2.45, 2.75) is 13.8 Å². The Hall–Kier alpha value is -2.35. The third-order valence-corrected chi connectivity index (χ3v) is 3.00. The molecule has 0 N–H and O–H groups in total. The first-order valence-corrected chi connectivity index (χ1v) is 7.13. The fourth-order valence-corrected chi connectivity index (χ4v) is 1.82. The van der Waals surface area contributed by atoms with E-state index in [1.807, 2.05) is 60.7 Å². The van der Waals surface area contributed by atoms with Crippen molar-refractivity contribution in [2.24, 2.45) is 5.92 Å². The second-order valence-electron chi connectivity index (χ2n) is 5.39. The highest BCUT2D eigenvalue weighted by Gasteiger charge is 1.97. The standard InChI is InChI=1S/C19H20O2/c1-15(2)14-21-19-11-9-17(10-12-19)4-3-16-5-7-18(13-20)8-6-16/h3-13,15H,14H2,1-2H3. The van der Waals surface area contributed by atoms with Crippen LogP contribution in [-0.2, 0) is 0 Å². The minimum Gasteiger partial charge on any atom is -0.493 e. The van der Waals surface area contributed by atoms with Crippen molar-refractivity contribution in [1.82, 2.24) is 0 Å². The Balaban J connectivity index is 1.98. The van der Waals surface area contributed by atoms with E-state index in [-0.39, 0.29) is 0 Å². The number of hydrogen-bond acceptors (Lipinski definition) is 2. The van der Waals surface area contributed by atoms with Gasteiger partial charge in [-0.2, -0.15) is 0 Å². The Morgan fingerprint density at radius 2 is 1.33 bits per heavy atom. The van der Waals surface area contributed by atoms with Crippen LogP contribution in [0, 0.1) is 5.92 Å². The van der Waals surface area contributed by atoms with Crippen LogP contribution in [0.15, 0.2) is 48.5 Å². The lowest BCUT2D eigenvalue weighted by Gasteiger charge is -2.08. The topological polar surface area (TPSA) is 26.3 Å². The van der Waals surface area contributed by atoms with E-state index in [4.69, 9.17) is 4.74 Å². The summed E-state index contributed by atoms with van der Waals surface area (Å²) in [6.07, 6.45) is 4.92. The van der Waals surface area contributed by atoms with Crippen molar-refractivity contribution in [3.05, 3.63) is 65.2 Å². The van der Waals surface area contributed by atoms with Gasteiger partial charge < -0.3 is 4.74 Å². The average Bonchev–Trinajstić information content (AvgIpc) is 2.52. The molecule has 0 saturated carbocycles. The average molecular weight is 280 g/mol. The molecular formula is C19H20O2. The number of aldehydes is 1. The quantitative estimate of drug-likeness (QED) is 0.566. The first-order chi connectivity index (χ1) is 10.2. The number of ether oxygens (including phenoxy) is 1. The summed E-state index contributed by atoms with van der Waals surface area (Å²) in [5, 5.41) is 0. The van der Waals surface area contributed by atoms with Crippen LogP contribution in [0.1, 0.15) is 35.3 Å². The second-order valence-corrected chi connectivity index (χ2v) is 5.39. The zero-order chi connectivity index (χ0) is 15.1. The SMILES string of the molecule is CC(C)COc1ccc(C=Cc2ccc(C=O)cc2)cc1. The lowest BCUT2D eigenvalue weighted by Crippen LogP contribution is -2.04. The van der Waals surface area contributed by atoms with Gasteiger partial charge in [-0.15, -0.1) is 0 Å². The highest BCUT2D eigenvalue weighted by atomic mass is 16.5. The van der Waals surface area contributed by atoms with E-state index < -0.39 is 0 Å². The zero-order valence-electron chi connectivity index (χ0n) is 12.5. The summed E-state index contributed by atoms with van der Waals surface area (Å²) in [4.78, 5) is 10.6. The van der Waals surface area contributed by atoms with E-state index in [2.05, 4.69) is 13.8 Å². The maximum atomic E-state index is 10.6. The second kappa shape index (κ2) is 7.44. The molecule has 0 aliphatic rings. The minimum absolute atomic E-state index is 0.527. The van der Waals surface area contributed by atoms with Gasteiger partial charge in [-0.1, -0.05) is 62.4 Å². The van der Waals surface area contributed by atoms with Crippen LogP contribution in [-0.4, -0.2) is 12.9 Å². The molecule has 0 aliphatic heterocycles. The predicted molar refractivity (Wildman–Crippen MR) is 87.5 cm³/mol. The van der Waals surface area contributed by atoms with Crippen molar-refractivity contribution in [3.8, 4) is 5.75 Å². The first-order valence-electron chi connectivity index (χ1n) is 7.13. The summed E-state index contributed by atoms with van der Waals surface area (Å²) in [5.41, 5.74) is 2.88. The van der Waals surface area contributed by atoms with Gasteiger partial charge in [-0.3, -0.25) is 4.79 Å². The van der Waals surface area contributed by atoms with Crippen LogP contribution in [0.3, 0.4) is 0 Å². The van der Waals surface area contributed by atoms with Gasteiger partial charge in [-0.25, -0.2) is 0 Å². The van der Waals surface area contributed by atoms with Crippen molar-refractivity contribution in [2.75, 3.05) is 6.61 Å². The molecule has 2 rings (SSSR count). The number of carbonyl (C=O) groups is 1. The van der Waals surface area contributed by atoms with Crippen molar-refractivity contribution < 1.29 is 9.53 Å². The monoisotopic (exact) mass is 280 g/mol. The summed E-state index contributed by atoms with van der Waals surface area (Å²) < 4.78 is 5.65. The number of carbonyl (C=O) groups excluding carboxylic acids is 1. The van der Waals surface area contributed by atoms with E-state index in [0.717, 1.165) is 29.8 Å².